The van der Waals surface area contributed by atoms with E-state index >= 15 is 0 Å². The van der Waals surface area contributed by atoms with Gasteiger partial charge >= 0.3 is 5.91 Å². The summed E-state index contributed by atoms with van der Waals surface area (Å²) in [6.45, 7) is 0. The highest BCUT2D eigenvalue weighted by Crippen LogP contribution is 2.22. The van der Waals surface area contributed by atoms with Crippen molar-refractivity contribution in [3.05, 3.63) is 66.1 Å². The van der Waals surface area contributed by atoms with Gasteiger partial charge in [0, 0.05) is 22.2 Å². The summed E-state index contributed by atoms with van der Waals surface area (Å²) >= 11 is 0. The molecular weight excluding hydrogens is 350 g/mol. The zero-order chi connectivity index (χ0) is 18.8. The number of aromatic amines is 1. The Balaban J connectivity index is 1.56. The minimum Gasteiger partial charge on any atom is -0.351 e. The fraction of sp³-hybridized carbons (Fsp3) is 0. The van der Waals surface area contributed by atoms with Gasteiger partial charge in [-0.1, -0.05) is 29.4 Å². The fourth-order valence-corrected chi connectivity index (χ4v) is 2.61. The Labute approximate surface area is 152 Å². The summed E-state index contributed by atoms with van der Waals surface area (Å²) in [4.78, 5) is 30.7. The highest BCUT2D eigenvalue weighted by atomic mass is 16.5. The Morgan fingerprint density at radius 3 is 2.70 bits per heavy atom. The standard InChI is InChI=1S/C18H13N5O4/c24-16(14-9-10-4-1-2-7-13(10)20-14)19-12-6-3-5-11(8-12)18-21-15(23-27-18)17(25)22-26/h1-9,20,26H,(H,19,24)(H,22,25). The highest BCUT2D eigenvalue weighted by Gasteiger charge is 2.16. The van der Waals surface area contributed by atoms with Gasteiger partial charge in [0.1, 0.15) is 5.69 Å². The molecule has 0 fully saturated rings. The number of anilines is 1. The van der Waals surface area contributed by atoms with Crippen molar-refractivity contribution in [2.75, 3.05) is 5.32 Å². The maximum Gasteiger partial charge on any atom is 0.316 e. The summed E-state index contributed by atoms with van der Waals surface area (Å²) in [6.07, 6.45) is 0. The lowest BCUT2D eigenvalue weighted by Crippen LogP contribution is -2.19. The van der Waals surface area contributed by atoms with Gasteiger partial charge in [-0.25, -0.2) is 5.48 Å². The summed E-state index contributed by atoms with van der Waals surface area (Å²) < 4.78 is 5.01. The lowest BCUT2D eigenvalue weighted by atomic mass is 10.2. The van der Waals surface area contributed by atoms with Crippen molar-refractivity contribution >= 4 is 28.4 Å². The van der Waals surface area contributed by atoms with Crippen LogP contribution in [0.25, 0.3) is 22.4 Å². The van der Waals surface area contributed by atoms with Crippen molar-refractivity contribution < 1.29 is 19.3 Å². The first-order valence-corrected chi connectivity index (χ1v) is 7.92. The largest absolute Gasteiger partial charge is 0.351 e. The van der Waals surface area contributed by atoms with Crippen LogP contribution in [-0.2, 0) is 0 Å². The molecule has 9 heteroatoms. The molecule has 2 heterocycles. The van der Waals surface area contributed by atoms with Crippen LogP contribution in [0.5, 0.6) is 0 Å². The van der Waals surface area contributed by atoms with Crippen LogP contribution >= 0.6 is 0 Å². The molecule has 2 aromatic carbocycles. The lowest BCUT2D eigenvalue weighted by Gasteiger charge is -2.04. The number of hydrogen-bond acceptors (Lipinski definition) is 6. The highest BCUT2D eigenvalue weighted by molar-refractivity contribution is 6.06. The molecule has 2 amide bonds. The smallest absolute Gasteiger partial charge is 0.316 e. The molecule has 0 bridgehead atoms. The molecule has 134 valence electrons. The van der Waals surface area contributed by atoms with Crippen molar-refractivity contribution in [1.29, 1.82) is 0 Å². The van der Waals surface area contributed by atoms with Crippen LogP contribution in [0.1, 0.15) is 21.1 Å². The van der Waals surface area contributed by atoms with E-state index in [1.165, 1.54) is 5.48 Å². The molecule has 4 aromatic rings. The number of fused-ring (bicyclic) bond motifs is 1. The predicted molar refractivity (Wildman–Crippen MR) is 95.2 cm³/mol. The zero-order valence-electron chi connectivity index (χ0n) is 13.8. The van der Waals surface area contributed by atoms with Crippen LogP contribution in [0, 0.1) is 0 Å². The van der Waals surface area contributed by atoms with Crippen molar-refractivity contribution in [2.45, 2.75) is 0 Å². The Hall–Kier alpha value is -3.98. The SMILES string of the molecule is O=C(NO)c1noc(-c2cccc(NC(=O)c3cc4ccccc4[nH]3)c2)n1. The number of nitrogens with one attached hydrogen (secondary N) is 3. The van der Waals surface area contributed by atoms with E-state index in [2.05, 4.69) is 20.4 Å². The van der Waals surface area contributed by atoms with E-state index in [4.69, 9.17) is 9.73 Å². The first-order chi connectivity index (χ1) is 13.1. The second kappa shape index (κ2) is 6.73. The van der Waals surface area contributed by atoms with Gasteiger partial charge in [-0.05, 0) is 30.3 Å². The molecule has 0 radical (unpaired) electrons. The number of aromatic nitrogens is 3. The van der Waals surface area contributed by atoms with Gasteiger partial charge in [0.05, 0.1) is 0 Å². The summed E-state index contributed by atoms with van der Waals surface area (Å²) in [5.74, 6) is -1.40. The molecule has 27 heavy (non-hydrogen) atoms. The number of rotatable bonds is 4. The van der Waals surface area contributed by atoms with Crippen LogP contribution in [-0.4, -0.2) is 32.1 Å². The van der Waals surface area contributed by atoms with Crippen LogP contribution in [0.2, 0.25) is 0 Å². The van der Waals surface area contributed by atoms with E-state index in [1.807, 2.05) is 24.3 Å². The predicted octanol–water partition coefficient (Wildman–Crippen LogP) is 2.59. The third-order valence-corrected chi connectivity index (χ3v) is 3.87. The van der Waals surface area contributed by atoms with E-state index in [-0.39, 0.29) is 17.6 Å². The van der Waals surface area contributed by atoms with Gasteiger partial charge in [-0.3, -0.25) is 14.8 Å². The zero-order valence-corrected chi connectivity index (χ0v) is 13.8. The van der Waals surface area contributed by atoms with Crippen molar-refractivity contribution in [3.8, 4) is 11.5 Å². The number of hydrogen-bond donors (Lipinski definition) is 4. The van der Waals surface area contributed by atoms with Gasteiger partial charge in [-0.2, -0.15) is 4.98 Å². The number of carbonyl (C=O) groups is 2. The maximum absolute atomic E-state index is 12.5. The molecular formula is C18H13N5O4. The third kappa shape index (κ3) is 3.26. The molecule has 0 spiro atoms. The lowest BCUT2D eigenvalue weighted by molar-refractivity contribution is 0.0691. The van der Waals surface area contributed by atoms with E-state index in [0.717, 1.165) is 10.9 Å². The normalized spacial score (nSPS) is 10.7. The average Bonchev–Trinajstić information content (AvgIpc) is 3.35. The van der Waals surface area contributed by atoms with Gasteiger partial charge in [-0.15, -0.1) is 0 Å². The average molecular weight is 363 g/mol. The maximum atomic E-state index is 12.5. The van der Waals surface area contributed by atoms with Crippen molar-refractivity contribution in [2.24, 2.45) is 0 Å². The molecule has 0 atom stereocenters. The summed E-state index contributed by atoms with van der Waals surface area (Å²) in [5.41, 5.74) is 3.76. The van der Waals surface area contributed by atoms with Gasteiger partial charge in [0.25, 0.3) is 17.6 Å². The first-order valence-electron chi connectivity index (χ1n) is 7.92. The number of nitrogens with zero attached hydrogens (tertiary/aromatic N) is 2. The summed E-state index contributed by atoms with van der Waals surface area (Å²) in [7, 11) is 0. The fourth-order valence-electron chi connectivity index (χ4n) is 2.61. The number of benzene rings is 2. The van der Waals surface area contributed by atoms with Gasteiger partial charge < -0.3 is 14.8 Å². The van der Waals surface area contributed by atoms with Crippen molar-refractivity contribution in [3.63, 3.8) is 0 Å². The number of amides is 2. The quantitative estimate of drug-likeness (QED) is 0.325. The second-order valence-electron chi connectivity index (χ2n) is 5.67. The van der Waals surface area contributed by atoms with Crippen LogP contribution in [0.3, 0.4) is 0 Å². The Morgan fingerprint density at radius 1 is 1.04 bits per heavy atom. The Kier molecular flexibility index (Phi) is 4.11. The number of H-pyrrole nitrogens is 1. The monoisotopic (exact) mass is 363 g/mol. The topological polar surface area (TPSA) is 133 Å². The van der Waals surface area contributed by atoms with Gasteiger partial charge in [0.2, 0.25) is 0 Å². The molecule has 0 unspecified atom stereocenters. The van der Waals surface area contributed by atoms with Crippen LogP contribution in [0.4, 0.5) is 5.69 Å². The molecule has 0 aliphatic rings. The first kappa shape index (κ1) is 16.5. The molecule has 0 aliphatic heterocycles. The van der Waals surface area contributed by atoms with E-state index in [0.29, 0.717) is 16.9 Å². The van der Waals surface area contributed by atoms with E-state index in [1.54, 1.807) is 30.3 Å². The second-order valence-corrected chi connectivity index (χ2v) is 5.67. The third-order valence-electron chi connectivity index (χ3n) is 3.87. The molecule has 0 aliphatic carbocycles. The number of hydroxylamine groups is 1. The molecule has 0 saturated heterocycles. The minimum atomic E-state index is -0.881. The van der Waals surface area contributed by atoms with E-state index in [9.17, 15) is 9.59 Å². The van der Waals surface area contributed by atoms with Crippen LogP contribution < -0.4 is 10.8 Å². The number of para-hydroxylation sites is 1. The molecule has 4 N–H and O–H groups in total. The van der Waals surface area contributed by atoms with Crippen LogP contribution in [0.15, 0.2) is 59.1 Å². The number of carbonyl (C=O) groups excluding carboxylic acids is 2. The van der Waals surface area contributed by atoms with Gasteiger partial charge in [0.15, 0.2) is 0 Å². The summed E-state index contributed by atoms with van der Waals surface area (Å²) in [5, 5.41) is 15.8. The van der Waals surface area contributed by atoms with Crippen molar-refractivity contribution in [1.82, 2.24) is 20.6 Å². The Morgan fingerprint density at radius 2 is 1.89 bits per heavy atom. The molecule has 9 nitrogen and oxygen atoms in total. The minimum absolute atomic E-state index is 0.0790. The molecule has 2 aromatic heterocycles. The molecule has 0 saturated carbocycles. The van der Waals surface area contributed by atoms with E-state index < -0.39 is 5.91 Å². The Bertz CT molecular complexity index is 1110. The summed E-state index contributed by atoms with van der Waals surface area (Å²) in [6, 6.07) is 16.1. The molecule has 4 rings (SSSR count).